The van der Waals surface area contributed by atoms with Crippen molar-refractivity contribution in [3.63, 3.8) is 0 Å². The number of methoxy groups -OCH3 is 1. The minimum Gasteiger partial charge on any atom is -0.497 e. The first-order valence-corrected chi connectivity index (χ1v) is 7.90. The predicted octanol–water partition coefficient (Wildman–Crippen LogP) is 4.48. The summed E-state index contributed by atoms with van der Waals surface area (Å²) < 4.78 is 16.7. The number of hydrogen-bond acceptors (Lipinski definition) is 5. The Labute approximate surface area is 144 Å². The lowest BCUT2D eigenvalue weighted by atomic mass is 10.1. The third-order valence-electron chi connectivity index (χ3n) is 3.87. The lowest BCUT2D eigenvalue weighted by Gasteiger charge is -2.05. The molecule has 3 aromatic carbocycles. The molecule has 1 aromatic heterocycles. The van der Waals surface area contributed by atoms with Crippen LogP contribution in [0.15, 0.2) is 71.1 Å². The van der Waals surface area contributed by atoms with Gasteiger partial charge in [0.15, 0.2) is 6.61 Å². The van der Waals surface area contributed by atoms with Crippen molar-refractivity contribution in [1.29, 1.82) is 0 Å². The Balaban J connectivity index is 1.48. The van der Waals surface area contributed by atoms with E-state index in [-0.39, 0.29) is 6.61 Å². The van der Waals surface area contributed by atoms with Gasteiger partial charge in [-0.05, 0) is 41.1 Å². The van der Waals surface area contributed by atoms with Crippen molar-refractivity contribution in [2.75, 3.05) is 7.11 Å². The monoisotopic (exact) mass is 332 g/mol. The van der Waals surface area contributed by atoms with Crippen LogP contribution >= 0.6 is 0 Å². The van der Waals surface area contributed by atoms with Crippen LogP contribution in [-0.4, -0.2) is 17.3 Å². The largest absolute Gasteiger partial charge is 0.497 e. The highest BCUT2D eigenvalue weighted by Gasteiger charge is 2.10. The molecule has 0 radical (unpaired) electrons. The number of nitrogens with zero attached hydrogens (tertiary/aromatic N) is 2. The zero-order valence-corrected chi connectivity index (χ0v) is 13.7. The molecule has 25 heavy (non-hydrogen) atoms. The van der Waals surface area contributed by atoms with E-state index in [9.17, 15) is 0 Å². The van der Waals surface area contributed by atoms with Crippen molar-refractivity contribution < 1.29 is 13.9 Å². The predicted molar refractivity (Wildman–Crippen MR) is 94.6 cm³/mol. The van der Waals surface area contributed by atoms with Crippen LogP contribution in [0.25, 0.3) is 22.2 Å². The summed E-state index contributed by atoms with van der Waals surface area (Å²) in [6, 6.07) is 21.6. The van der Waals surface area contributed by atoms with Crippen LogP contribution in [0.4, 0.5) is 0 Å². The van der Waals surface area contributed by atoms with Crippen molar-refractivity contribution in [1.82, 2.24) is 10.2 Å². The van der Waals surface area contributed by atoms with Gasteiger partial charge in [0, 0.05) is 5.56 Å². The zero-order chi connectivity index (χ0) is 17.1. The van der Waals surface area contributed by atoms with Crippen molar-refractivity contribution in [2.45, 2.75) is 6.61 Å². The van der Waals surface area contributed by atoms with Gasteiger partial charge in [0.2, 0.25) is 5.89 Å². The molecule has 0 saturated carbocycles. The Morgan fingerprint density at radius 1 is 0.840 bits per heavy atom. The molecule has 1 heterocycles. The molecule has 4 rings (SSSR count). The average Bonchev–Trinajstić information content (AvgIpc) is 3.15. The van der Waals surface area contributed by atoms with Crippen LogP contribution in [0, 0.1) is 0 Å². The molecular formula is C20H16N2O3. The lowest BCUT2D eigenvalue weighted by Crippen LogP contribution is -1.95. The van der Waals surface area contributed by atoms with Crippen LogP contribution in [0.2, 0.25) is 0 Å². The van der Waals surface area contributed by atoms with Crippen LogP contribution in [-0.2, 0) is 6.61 Å². The van der Waals surface area contributed by atoms with E-state index in [2.05, 4.69) is 22.3 Å². The SMILES string of the molecule is COc1cccc(-c2nnc(COc3ccc4ccccc4c3)o2)c1. The fourth-order valence-corrected chi connectivity index (χ4v) is 2.59. The van der Waals surface area contributed by atoms with Crippen molar-refractivity contribution in [3.05, 3.63) is 72.6 Å². The van der Waals surface area contributed by atoms with Gasteiger partial charge in [-0.2, -0.15) is 0 Å². The van der Waals surface area contributed by atoms with Crippen molar-refractivity contribution >= 4 is 10.8 Å². The van der Waals surface area contributed by atoms with Gasteiger partial charge in [-0.25, -0.2) is 0 Å². The first-order chi connectivity index (χ1) is 12.3. The summed E-state index contributed by atoms with van der Waals surface area (Å²) in [5.74, 6) is 2.37. The summed E-state index contributed by atoms with van der Waals surface area (Å²) in [7, 11) is 1.62. The fourth-order valence-electron chi connectivity index (χ4n) is 2.59. The molecule has 5 heteroatoms. The van der Waals surface area contributed by atoms with Gasteiger partial charge in [-0.3, -0.25) is 0 Å². The van der Waals surface area contributed by atoms with Gasteiger partial charge in [-0.15, -0.1) is 10.2 Å². The highest BCUT2D eigenvalue weighted by molar-refractivity contribution is 5.83. The summed E-state index contributed by atoms with van der Waals surface area (Å²) in [4.78, 5) is 0. The van der Waals surface area contributed by atoms with E-state index in [4.69, 9.17) is 13.9 Å². The second kappa shape index (κ2) is 6.65. The van der Waals surface area contributed by atoms with Gasteiger partial charge in [0.05, 0.1) is 7.11 Å². The number of ether oxygens (including phenoxy) is 2. The third-order valence-corrected chi connectivity index (χ3v) is 3.87. The second-order valence-corrected chi connectivity index (χ2v) is 5.53. The highest BCUT2D eigenvalue weighted by Crippen LogP contribution is 2.24. The number of rotatable bonds is 5. The standard InChI is InChI=1S/C20H16N2O3/c1-23-17-8-4-7-16(12-17)20-22-21-19(25-20)13-24-18-10-9-14-5-2-3-6-15(14)11-18/h2-12H,13H2,1H3. The summed E-state index contributed by atoms with van der Waals surface area (Å²) in [6.45, 7) is 0.218. The van der Waals surface area contributed by atoms with Gasteiger partial charge in [0.25, 0.3) is 5.89 Å². The molecule has 5 nitrogen and oxygen atoms in total. The van der Waals surface area contributed by atoms with E-state index in [1.54, 1.807) is 7.11 Å². The van der Waals surface area contributed by atoms with E-state index in [1.807, 2.05) is 54.6 Å². The number of aromatic nitrogens is 2. The number of benzene rings is 3. The second-order valence-electron chi connectivity index (χ2n) is 5.53. The summed E-state index contributed by atoms with van der Waals surface area (Å²) >= 11 is 0. The van der Waals surface area contributed by atoms with E-state index >= 15 is 0 Å². The Morgan fingerprint density at radius 3 is 2.60 bits per heavy atom. The molecule has 0 spiro atoms. The Bertz CT molecular complexity index is 1010. The molecule has 0 aliphatic rings. The Kier molecular flexibility index (Phi) is 4.04. The first-order valence-electron chi connectivity index (χ1n) is 7.90. The van der Waals surface area contributed by atoms with Gasteiger partial charge in [0.1, 0.15) is 11.5 Å². The van der Waals surface area contributed by atoms with Crippen LogP contribution in [0.5, 0.6) is 11.5 Å². The van der Waals surface area contributed by atoms with Gasteiger partial charge in [-0.1, -0.05) is 36.4 Å². The first kappa shape index (κ1) is 15.2. The summed E-state index contributed by atoms with van der Waals surface area (Å²) in [5, 5.41) is 10.4. The molecule has 0 N–H and O–H groups in total. The number of hydrogen-bond donors (Lipinski definition) is 0. The normalized spacial score (nSPS) is 10.8. The zero-order valence-electron chi connectivity index (χ0n) is 13.7. The topological polar surface area (TPSA) is 57.4 Å². The maximum absolute atomic E-state index is 5.77. The van der Waals surface area contributed by atoms with Gasteiger partial charge < -0.3 is 13.9 Å². The molecule has 0 bridgehead atoms. The smallest absolute Gasteiger partial charge is 0.254 e. The molecule has 0 aliphatic heterocycles. The van der Waals surface area contributed by atoms with Crippen LogP contribution < -0.4 is 9.47 Å². The van der Waals surface area contributed by atoms with Crippen molar-refractivity contribution in [3.8, 4) is 23.0 Å². The van der Waals surface area contributed by atoms with E-state index in [0.717, 1.165) is 22.4 Å². The molecule has 0 amide bonds. The van der Waals surface area contributed by atoms with E-state index in [1.165, 1.54) is 5.39 Å². The molecular weight excluding hydrogens is 316 g/mol. The van der Waals surface area contributed by atoms with E-state index < -0.39 is 0 Å². The highest BCUT2D eigenvalue weighted by atomic mass is 16.5. The van der Waals surface area contributed by atoms with Crippen LogP contribution in [0.3, 0.4) is 0 Å². The maximum Gasteiger partial charge on any atom is 0.254 e. The molecule has 0 atom stereocenters. The minimum atomic E-state index is 0.218. The fraction of sp³-hybridized carbons (Fsp3) is 0.100. The molecule has 0 saturated heterocycles. The summed E-state index contributed by atoms with van der Waals surface area (Å²) in [5.41, 5.74) is 0.809. The quantitative estimate of drug-likeness (QED) is 0.539. The minimum absolute atomic E-state index is 0.218. The lowest BCUT2D eigenvalue weighted by molar-refractivity contribution is 0.265. The van der Waals surface area contributed by atoms with Crippen molar-refractivity contribution in [2.24, 2.45) is 0 Å². The average molecular weight is 332 g/mol. The molecule has 0 unspecified atom stereocenters. The molecule has 0 fully saturated rings. The number of fused-ring (bicyclic) bond motifs is 1. The Hall–Kier alpha value is -3.34. The molecule has 4 aromatic rings. The van der Waals surface area contributed by atoms with Gasteiger partial charge >= 0.3 is 0 Å². The van der Waals surface area contributed by atoms with E-state index in [0.29, 0.717) is 11.8 Å². The third kappa shape index (κ3) is 3.30. The Morgan fingerprint density at radius 2 is 1.72 bits per heavy atom. The maximum atomic E-state index is 5.77. The molecule has 124 valence electrons. The van der Waals surface area contributed by atoms with Crippen LogP contribution in [0.1, 0.15) is 5.89 Å². The molecule has 0 aliphatic carbocycles. The summed E-state index contributed by atoms with van der Waals surface area (Å²) in [6.07, 6.45) is 0.